The first-order valence-corrected chi connectivity index (χ1v) is 7.22. The minimum atomic E-state index is -0.812. The summed E-state index contributed by atoms with van der Waals surface area (Å²) in [5.41, 5.74) is 2.59. The number of hydrogen-bond acceptors (Lipinski definition) is 3. The number of benzene rings is 1. The summed E-state index contributed by atoms with van der Waals surface area (Å²) in [6.07, 6.45) is 4.03. The van der Waals surface area contributed by atoms with E-state index in [2.05, 4.69) is 11.2 Å². The standard InChI is InChI=1S/C13H17NO2S/c1-17-9-8-14-7-3-5-10-11(13(15)16)4-2-6-12(10)14/h2,4,6H,3,5,7-9H2,1H3,(H,15,16). The summed E-state index contributed by atoms with van der Waals surface area (Å²) in [6, 6.07) is 5.60. The summed E-state index contributed by atoms with van der Waals surface area (Å²) in [5.74, 6) is 0.269. The van der Waals surface area contributed by atoms with Crippen LogP contribution in [0.2, 0.25) is 0 Å². The second-order valence-electron chi connectivity index (χ2n) is 4.19. The Balaban J connectivity index is 2.32. The molecule has 1 aromatic carbocycles. The predicted molar refractivity (Wildman–Crippen MR) is 72.3 cm³/mol. The van der Waals surface area contributed by atoms with Crippen molar-refractivity contribution in [3.05, 3.63) is 29.3 Å². The van der Waals surface area contributed by atoms with Crippen LogP contribution in [0, 0.1) is 0 Å². The predicted octanol–water partition coefficient (Wildman–Crippen LogP) is 2.50. The molecular formula is C13H17NO2S. The van der Waals surface area contributed by atoms with Crippen LogP contribution in [-0.4, -0.2) is 36.2 Å². The van der Waals surface area contributed by atoms with Gasteiger partial charge in [-0.1, -0.05) is 6.07 Å². The first-order chi connectivity index (χ1) is 8.24. The zero-order chi connectivity index (χ0) is 12.3. The highest BCUT2D eigenvalue weighted by Gasteiger charge is 2.21. The van der Waals surface area contributed by atoms with Crippen LogP contribution in [0.1, 0.15) is 22.3 Å². The molecule has 1 aromatic rings. The molecule has 3 nitrogen and oxygen atoms in total. The third-order valence-corrected chi connectivity index (χ3v) is 3.73. The lowest BCUT2D eigenvalue weighted by molar-refractivity contribution is 0.0695. The van der Waals surface area contributed by atoms with Crippen molar-refractivity contribution in [1.29, 1.82) is 0 Å². The molecule has 0 spiro atoms. The molecule has 0 aromatic heterocycles. The molecule has 0 saturated carbocycles. The van der Waals surface area contributed by atoms with Crippen LogP contribution in [0.15, 0.2) is 18.2 Å². The van der Waals surface area contributed by atoms with Gasteiger partial charge in [-0.05, 0) is 36.8 Å². The van der Waals surface area contributed by atoms with Crippen molar-refractivity contribution in [2.24, 2.45) is 0 Å². The lowest BCUT2D eigenvalue weighted by Crippen LogP contribution is -2.32. The van der Waals surface area contributed by atoms with Crippen LogP contribution in [0.4, 0.5) is 5.69 Å². The summed E-state index contributed by atoms with van der Waals surface area (Å²) < 4.78 is 0. The molecule has 4 heteroatoms. The molecule has 1 aliphatic rings. The molecule has 17 heavy (non-hydrogen) atoms. The fourth-order valence-corrected chi connectivity index (χ4v) is 2.74. The molecule has 0 atom stereocenters. The van der Waals surface area contributed by atoms with E-state index in [4.69, 9.17) is 0 Å². The molecule has 1 heterocycles. The minimum absolute atomic E-state index is 0.469. The van der Waals surface area contributed by atoms with Crippen LogP contribution < -0.4 is 4.90 Å². The van der Waals surface area contributed by atoms with Gasteiger partial charge in [0.15, 0.2) is 0 Å². The van der Waals surface area contributed by atoms with Gasteiger partial charge in [-0.3, -0.25) is 0 Å². The summed E-state index contributed by atoms with van der Waals surface area (Å²) in [7, 11) is 0. The lowest BCUT2D eigenvalue weighted by Gasteiger charge is -2.31. The van der Waals surface area contributed by atoms with Gasteiger partial charge in [0.05, 0.1) is 5.56 Å². The van der Waals surface area contributed by atoms with Crippen LogP contribution in [0.3, 0.4) is 0 Å². The summed E-state index contributed by atoms with van der Waals surface area (Å²) in [4.78, 5) is 13.5. The SMILES string of the molecule is CSCCN1CCCc2c(C(=O)O)cccc21. The Labute approximate surface area is 106 Å². The van der Waals surface area contributed by atoms with Crippen molar-refractivity contribution in [2.75, 3.05) is 30.0 Å². The maximum atomic E-state index is 11.2. The van der Waals surface area contributed by atoms with Gasteiger partial charge in [-0.15, -0.1) is 0 Å². The number of hydrogen-bond donors (Lipinski definition) is 1. The first kappa shape index (κ1) is 12.3. The second-order valence-corrected chi connectivity index (χ2v) is 5.18. The van der Waals surface area contributed by atoms with E-state index in [1.54, 1.807) is 6.07 Å². The zero-order valence-corrected chi connectivity index (χ0v) is 10.8. The van der Waals surface area contributed by atoms with Crippen molar-refractivity contribution in [2.45, 2.75) is 12.8 Å². The van der Waals surface area contributed by atoms with E-state index < -0.39 is 5.97 Å². The second kappa shape index (κ2) is 5.45. The smallest absolute Gasteiger partial charge is 0.336 e. The number of nitrogens with zero attached hydrogens (tertiary/aromatic N) is 1. The van der Waals surface area contributed by atoms with Gasteiger partial charge in [-0.25, -0.2) is 4.79 Å². The van der Waals surface area contributed by atoms with Crippen molar-refractivity contribution >= 4 is 23.4 Å². The normalized spacial score (nSPS) is 14.5. The molecule has 1 N–H and O–H groups in total. The number of thioether (sulfide) groups is 1. The van der Waals surface area contributed by atoms with Crippen molar-refractivity contribution < 1.29 is 9.90 Å². The van der Waals surface area contributed by atoms with E-state index in [1.807, 2.05) is 23.9 Å². The molecule has 92 valence electrons. The molecular weight excluding hydrogens is 234 g/mol. The molecule has 0 aliphatic carbocycles. The number of aromatic carboxylic acids is 1. The minimum Gasteiger partial charge on any atom is -0.478 e. The largest absolute Gasteiger partial charge is 0.478 e. The van der Waals surface area contributed by atoms with Gasteiger partial charge >= 0.3 is 5.97 Å². The summed E-state index contributed by atoms with van der Waals surface area (Å²) in [6.45, 7) is 2.04. The molecule has 2 rings (SSSR count). The van der Waals surface area contributed by atoms with Gasteiger partial charge in [0.25, 0.3) is 0 Å². The Hall–Kier alpha value is -1.16. The zero-order valence-electron chi connectivity index (χ0n) is 9.98. The van der Waals surface area contributed by atoms with Gasteiger partial charge < -0.3 is 10.0 Å². The quantitative estimate of drug-likeness (QED) is 0.892. The number of anilines is 1. The van der Waals surface area contributed by atoms with Crippen molar-refractivity contribution in [1.82, 2.24) is 0 Å². The van der Waals surface area contributed by atoms with E-state index in [-0.39, 0.29) is 0 Å². The van der Waals surface area contributed by atoms with E-state index in [0.717, 1.165) is 42.9 Å². The average molecular weight is 251 g/mol. The van der Waals surface area contributed by atoms with Gasteiger partial charge in [0.2, 0.25) is 0 Å². The molecule has 0 saturated heterocycles. The highest BCUT2D eigenvalue weighted by atomic mass is 32.2. The summed E-state index contributed by atoms with van der Waals surface area (Å²) >= 11 is 1.82. The molecule has 0 unspecified atom stereocenters. The average Bonchev–Trinajstić information content (AvgIpc) is 2.35. The Bertz CT molecular complexity index is 420. The topological polar surface area (TPSA) is 40.5 Å². The van der Waals surface area contributed by atoms with Crippen LogP contribution in [0.25, 0.3) is 0 Å². The maximum absolute atomic E-state index is 11.2. The van der Waals surface area contributed by atoms with E-state index in [9.17, 15) is 9.90 Å². The van der Waals surface area contributed by atoms with Gasteiger partial charge in [0, 0.05) is 24.5 Å². The number of carboxylic acid groups (broad SMARTS) is 1. The third-order valence-electron chi connectivity index (χ3n) is 3.14. The third kappa shape index (κ3) is 2.57. The fourth-order valence-electron chi connectivity index (χ4n) is 2.33. The molecule has 0 fully saturated rings. The Morgan fingerprint density at radius 2 is 2.35 bits per heavy atom. The highest BCUT2D eigenvalue weighted by Crippen LogP contribution is 2.29. The molecule has 0 bridgehead atoms. The number of rotatable bonds is 4. The van der Waals surface area contributed by atoms with Crippen LogP contribution >= 0.6 is 11.8 Å². The number of fused-ring (bicyclic) bond motifs is 1. The molecule has 0 amide bonds. The first-order valence-electron chi connectivity index (χ1n) is 5.83. The number of carbonyl (C=O) groups is 1. The fraction of sp³-hybridized carbons (Fsp3) is 0.462. The lowest BCUT2D eigenvalue weighted by atomic mass is 9.96. The highest BCUT2D eigenvalue weighted by molar-refractivity contribution is 7.98. The van der Waals surface area contributed by atoms with E-state index in [0.29, 0.717) is 5.56 Å². The summed E-state index contributed by atoms with van der Waals surface area (Å²) in [5, 5.41) is 9.18. The van der Waals surface area contributed by atoms with Gasteiger partial charge in [-0.2, -0.15) is 11.8 Å². The van der Waals surface area contributed by atoms with Crippen molar-refractivity contribution in [3.8, 4) is 0 Å². The maximum Gasteiger partial charge on any atom is 0.336 e. The molecule has 0 radical (unpaired) electrons. The van der Waals surface area contributed by atoms with Gasteiger partial charge in [0.1, 0.15) is 0 Å². The Kier molecular flexibility index (Phi) is 3.94. The Morgan fingerprint density at radius 3 is 3.06 bits per heavy atom. The van der Waals surface area contributed by atoms with Crippen LogP contribution in [-0.2, 0) is 6.42 Å². The number of carboxylic acids is 1. The van der Waals surface area contributed by atoms with E-state index >= 15 is 0 Å². The molecule has 1 aliphatic heterocycles. The monoisotopic (exact) mass is 251 g/mol. The van der Waals surface area contributed by atoms with Crippen LogP contribution in [0.5, 0.6) is 0 Å². The van der Waals surface area contributed by atoms with E-state index in [1.165, 1.54) is 0 Å². The Morgan fingerprint density at radius 1 is 1.53 bits per heavy atom. The van der Waals surface area contributed by atoms with Crippen molar-refractivity contribution in [3.63, 3.8) is 0 Å².